The van der Waals surface area contributed by atoms with Crippen LogP contribution in [0.15, 0.2) is 88.8 Å². The van der Waals surface area contributed by atoms with E-state index in [1.165, 1.54) is 0 Å². The zero-order valence-corrected chi connectivity index (χ0v) is 19.4. The lowest BCUT2D eigenvalue weighted by atomic mass is 10.2. The average molecular weight is 471 g/mol. The zero-order chi connectivity index (χ0) is 23.2. The second-order valence-corrected chi connectivity index (χ2v) is 8.47. The summed E-state index contributed by atoms with van der Waals surface area (Å²) in [5.41, 5.74) is 2.84. The fourth-order valence-corrected chi connectivity index (χ4v) is 4.37. The number of ether oxygens (including phenoxy) is 1. The van der Waals surface area contributed by atoms with Crippen LogP contribution in [0.1, 0.15) is 12.3 Å². The number of aryl methyl sites for hydroxylation is 1. The van der Waals surface area contributed by atoms with E-state index in [9.17, 15) is 0 Å². The molecule has 0 amide bonds. The number of nitrogens with zero attached hydrogens (tertiary/aromatic N) is 6. The first kappa shape index (κ1) is 21.8. The minimum Gasteiger partial charge on any atom is -0.497 e. The molecule has 0 atom stereocenters. The quantitative estimate of drug-likeness (QED) is 0.217. The Morgan fingerprint density at radius 1 is 0.941 bits per heavy atom. The van der Waals surface area contributed by atoms with E-state index in [1.807, 2.05) is 54.6 Å². The van der Waals surface area contributed by atoms with Crippen LogP contribution >= 0.6 is 11.8 Å². The van der Waals surface area contributed by atoms with E-state index in [-0.39, 0.29) is 0 Å². The second kappa shape index (κ2) is 10.3. The molecule has 0 unspecified atom stereocenters. The first-order valence-corrected chi connectivity index (χ1v) is 11.8. The molecule has 8 nitrogen and oxygen atoms in total. The van der Waals surface area contributed by atoms with Gasteiger partial charge in [-0.2, -0.15) is 4.98 Å². The van der Waals surface area contributed by atoms with Crippen LogP contribution in [0.25, 0.3) is 28.5 Å². The standard InChI is InChI=1S/C25H22N6O2S/c1-32-21-10-5-7-19(17-21)24-28-29-25(31(24)20-8-3-2-4-9-20)34-16-6-11-22-27-23(30-33-22)18-12-14-26-15-13-18/h2-5,7-10,12-15,17H,6,11,16H2,1H3. The second-order valence-electron chi connectivity index (χ2n) is 7.41. The van der Waals surface area contributed by atoms with Gasteiger partial charge in [-0.05, 0) is 42.8 Å². The Morgan fingerprint density at radius 2 is 1.79 bits per heavy atom. The Bertz CT molecular complexity index is 1350. The molecule has 0 radical (unpaired) electrons. The van der Waals surface area contributed by atoms with E-state index < -0.39 is 0 Å². The summed E-state index contributed by atoms with van der Waals surface area (Å²) >= 11 is 1.65. The molecule has 9 heteroatoms. The van der Waals surface area contributed by atoms with Crippen LogP contribution in [0, 0.1) is 0 Å². The van der Waals surface area contributed by atoms with E-state index in [2.05, 4.69) is 42.0 Å². The van der Waals surface area contributed by atoms with Crippen LogP contribution in [0.3, 0.4) is 0 Å². The van der Waals surface area contributed by atoms with Gasteiger partial charge in [-0.3, -0.25) is 9.55 Å². The molecule has 0 saturated carbocycles. The van der Waals surface area contributed by atoms with Crippen molar-refractivity contribution in [3.8, 4) is 34.2 Å². The van der Waals surface area contributed by atoms with Crippen molar-refractivity contribution < 1.29 is 9.26 Å². The van der Waals surface area contributed by atoms with Crippen molar-refractivity contribution in [3.63, 3.8) is 0 Å². The Kier molecular flexibility index (Phi) is 6.62. The first-order chi connectivity index (χ1) is 16.8. The van der Waals surface area contributed by atoms with Gasteiger partial charge in [0.15, 0.2) is 11.0 Å². The molecule has 0 aliphatic rings. The zero-order valence-electron chi connectivity index (χ0n) is 18.5. The van der Waals surface area contributed by atoms with E-state index in [1.54, 1.807) is 31.3 Å². The maximum atomic E-state index is 5.41. The molecule has 5 aromatic rings. The van der Waals surface area contributed by atoms with Gasteiger partial charge in [-0.25, -0.2) is 0 Å². The maximum Gasteiger partial charge on any atom is 0.226 e. The summed E-state index contributed by atoms with van der Waals surface area (Å²) in [6, 6.07) is 21.7. The number of methoxy groups -OCH3 is 1. The largest absolute Gasteiger partial charge is 0.497 e. The van der Waals surface area contributed by atoms with Gasteiger partial charge in [0.05, 0.1) is 7.11 Å². The fourth-order valence-electron chi connectivity index (χ4n) is 3.48. The number of rotatable bonds is 9. The van der Waals surface area contributed by atoms with Crippen LogP contribution in [-0.4, -0.2) is 42.8 Å². The van der Waals surface area contributed by atoms with Crippen molar-refractivity contribution in [3.05, 3.63) is 85.0 Å². The molecular formula is C25H22N6O2S. The SMILES string of the molecule is COc1cccc(-c2nnc(SCCCc3nc(-c4ccncc4)no3)n2-c2ccccc2)c1. The summed E-state index contributed by atoms with van der Waals surface area (Å²) in [5, 5.41) is 13.9. The van der Waals surface area contributed by atoms with Crippen LogP contribution < -0.4 is 4.74 Å². The summed E-state index contributed by atoms with van der Waals surface area (Å²) in [6.07, 6.45) is 4.97. The van der Waals surface area contributed by atoms with E-state index in [0.29, 0.717) is 18.1 Å². The van der Waals surface area contributed by atoms with Gasteiger partial charge in [-0.15, -0.1) is 10.2 Å². The lowest BCUT2D eigenvalue weighted by molar-refractivity contribution is 0.378. The highest BCUT2D eigenvalue weighted by Gasteiger charge is 2.17. The fraction of sp³-hybridized carbons (Fsp3) is 0.160. The third kappa shape index (κ3) is 4.84. The Labute approximate surface area is 201 Å². The predicted molar refractivity (Wildman–Crippen MR) is 130 cm³/mol. The molecule has 0 spiro atoms. The molecule has 5 rings (SSSR count). The van der Waals surface area contributed by atoms with E-state index in [4.69, 9.17) is 9.26 Å². The van der Waals surface area contributed by atoms with Crippen molar-refractivity contribution in [2.24, 2.45) is 0 Å². The van der Waals surface area contributed by atoms with E-state index in [0.717, 1.165) is 45.7 Å². The van der Waals surface area contributed by atoms with Gasteiger partial charge in [0.2, 0.25) is 11.7 Å². The van der Waals surface area contributed by atoms with Gasteiger partial charge in [0.25, 0.3) is 0 Å². The third-order valence-electron chi connectivity index (χ3n) is 5.15. The molecule has 0 saturated heterocycles. The van der Waals surface area contributed by atoms with Crippen LogP contribution in [0.4, 0.5) is 0 Å². The van der Waals surface area contributed by atoms with Gasteiger partial charge in [0, 0.05) is 41.4 Å². The molecule has 0 N–H and O–H groups in total. The summed E-state index contributed by atoms with van der Waals surface area (Å²) in [7, 11) is 1.66. The van der Waals surface area contributed by atoms with Crippen molar-refractivity contribution in [1.82, 2.24) is 29.9 Å². The first-order valence-electron chi connectivity index (χ1n) is 10.8. The van der Waals surface area contributed by atoms with Gasteiger partial charge >= 0.3 is 0 Å². The molecule has 2 aromatic carbocycles. The Hall–Kier alpha value is -3.98. The van der Waals surface area contributed by atoms with Gasteiger partial charge in [-0.1, -0.05) is 47.3 Å². The highest BCUT2D eigenvalue weighted by molar-refractivity contribution is 7.99. The van der Waals surface area contributed by atoms with Crippen molar-refractivity contribution in [2.45, 2.75) is 18.0 Å². The molecular weight excluding hydrogens is 448 g/mol. The number of para-hydroxylation sites is 1. The summed E-state index contributed by atoms with van der Waals surface area (Å²) in [6.45, 7) is 0. The van der Waals surface area contributed by atoms with Crippen molar-refractivity contribution in [1.29, 1.82) is 0 Å². The minimum atomic E-state index is 0.580. The van der Waals surface area contributed by atoms with Crippen molar-refractivity contribution >= 4 is 11.8 Å². The number of thioether (sulfide) groups is 1. The number of benzene rings is 2. The number of hydrogen-bond acceptors (Lipinski definition) is 8. The minimum absolute atomic E-state index is 0.580. The topological polar surface area (TPSA) is 91.8 Å². The number of hydrogen-bond donors (Lipinski definition) is 0. The molecule has 34 heavy (non-hydrogen) atoms. The van der Waals surface area contributed by atoms with Crippen molar-refractivity contribution in [2.75, 3.05) is 12.9 Å². The highest BCUT2D eigenvalue weighted by Crippen LogP contribution is 2.30. The van der Waals surface area contributed by atoms with Gasteiger partial charge in [0.1, 0.15) is 5.75 Å². The molecule has 3 heterocycles. The Morgan fingerprint density at radius 3 is 2.62 bits per heavy atom. The van der Waals surface area contributed by atoms with Crippen LogP contribution in [0.5, 0.6) is 5.75 Å². The molecule has 170 valence electrons. The highest BCUT2D eigenvalue weighted by atomic mass is 32.2. The molecule has 3 aromatic heterocycles. The molecule has 0 aliphatic carbocycles. The predicted octanol–water partition coefficient (Wildman–Crippen LogP) is 5.11. The van der Waals surface area contributed by atoms with Gasteiger partial charge < -0.3 is 9.26 Å². The monoisotopic (exact) mass is 470 g/mol. The number of pyridine rings is 1. The number of aromatic nitrogens is 6. The summed E-state index contributed by atoms with van der Waals surface area (Å²) < 4.78 is 12.9. The summed E-state index contributed by atoms with van der Waals surface area (Å²) in [4.78, 5) is 8.51. The lowest BCUT2D eigenvalue weighted by Crippen LogP contribution is -2.00. The smallest absolute Gasteiger partial charge is 0.226 e. The maximum absolute atomic E-state index is 5.41. The third-order valence-corrected chi connectivity index (χ3v) is 6.16. The summed E-state index contributed by atoms with van der Waals surface area (Å²) in [5.74, 6) is 3.58. The normalized spacial score (nSPS) is 11.0. The van der Waals surface area contributed by atoms with E-state index >= 15 is 0 Å². The molecule has 0 bridgehead atoms. The molecule has 0 aliphatic heterocycles. The molecule has 0 fully saturated rings. The van der Waals surface area contributed by atoms with Crippen LogP contribution in [0.2, 0.25) is 0 Å². The van der Waals surface area contributed by atoms with Crippen LogP contribution in [-0.2, 0) is 6.42 Å². The lowest BCUT2D eigenvalue weighted by Gasteiger charge is -2.11. The average Bonchev–Trinajstić information content (AvgIpc) is 3.55. The Balaban J connectivity index is 1.30.